The van der Waals surface area contributed by atoms with E-state index in [0.29, 0.717) is 39.3 Å². The molecule has 2 N–H and O–H groups in total. The zero-order valence-corrected chi connectivity index (χ0v) is 16.1. The van der Waals surface area contributed by atoms with Crippen LogP contribution in [0.15, 0.2) is 75.9 Å². The van der Waals surface area contributed by atoms with Crippen molar-refractivity contribution in [1.82, 2.24) is 19.6 Å². The zero-order valence-electron chi connectivity index (χ0n) is 15.1. The summed E-state index contributed by atoms with van der Waals surface area (Å²) in [5.41, 5.74) is 0. The van der Waals surface area contributed by atoms with Crippen LogP contribution in [-0.2, 0) is 0 Å². The average molecular weight is 368 g/mol. The maximum absolute atomic E-state index is 11.2. The van der Waals surface area contributed by atoms with E-state index < -0.39 is 8.02 Å². The third kappa shape index (κ3) is 7.18. The Morgan fingerprint density at radius 2 is 0.840 bits per heavy atom. The van der Waals surface area contributed by atoms with Gasteiger partial charge in [0.25, 0.3) is 0 Å². The monoisotopic (exact) mass is 368 g/mol. The van der Waals surface area contributed by atoms with Gasteiger partial charge < -0.3 is 0 Å². The number of rotatable bonds is 16. The van der Waals surface area contributed by atoms with Gasteiger partial charge >= 0.3 is 153 Å². The van der Waals surface area contributed by atoms with Crippen molar-refractivity contribution < 1.29 is 9.79 Å². The zero-order chi connectivity index (χ0) is 19.3. The molecule has 6 nitrogen and oxygen atoms in total. The number of nitrogens with zero attached hydrogens (tertiary/aromatic N) is 4. The molecule has 0 radical (unpaired) electrons. The Kier molecular flexibility index (Phi) is 12.2. The molecule has 142 valence electrons. The van der Waals surface area contributed by atoms with Crippen LogP contribution in [0.5, 0.6) is 0 Å². The standard InChI is InChI=1S/C18H33N4O2P/c1-7-13-19(14-8-2)22(20(15-9-3)16-10-4)25(23,24)21(17-11-5)18-12-6/h7-12,23-25H,1-6,13-18H2. The quantitative estimate of drug-likeness (QED) is 0.248. The minimum atomic E-state index is -4.09. The first-order chi connectivity index (χ1) is 11.9. The molecule has 0 aliphatic rings. The molecule has 0 saturated heterocycles. The summed E-state index contributed by atoms with van der Waals surface area (Å²) in [6, 6.07) is 0. The summed E-state index contributed by atoms with van der Waals surface area (Å²) < 4.78 is 1.56. The van der Waals surface area contributed by atoms with Crippen molar-refractivity contribution in [1.29, 1.82) is 0 Å². The van der Waals surface area contributed by atoms with Gasteiger partial charge in [-0.2, -0.15) is 0 Å². The molecule has 0 aromatic heterocycles. The van der Waals surface area contributed by atoms with Gasteiger partial charge in [0.15, 0.2) is 0 Å². The molecule has 0 unspecified atom stereocenters. The normalized spacial score (nSPS) is 12.4. The fraction of sp³-hybridized carbons (Fsp3) is 0.333. The summed E-state index contributed by atoms with van der Waals surface area (Å²) in [6.45, 7) is 24.8. The van der Waals surface area contributed by atoms with E-state index >= 15 is 0 Å². The van der Waals surface area contributed by atoms with Crippen molar-refractivity contribution in [3.8, 4) is 0 Å². The molecule has 0 atom stereocenters. The van der Waals surface area contributed by atoms with Crippen molar-refractivity contribution in [2.24, 2.45) is 0 Å². The number of hydrogen-bond donors (Lipinski definition) is 2. The molecule has 0 bridgehead atoms. The second-order valence-corrected chi connectivity index (χ2v) is 7.50. The topological polar surface area (TPSA) is 53.4 Å². The molecular weight excluding hydrogens is 335 g/mol. The Morgan fingerprint density at radius 1 is 0.560 bits per heavy atom. The van der Waals surface area contributed by atoms with Crippen molar-refractivity contribution in [2.75, 3.05) is 39.3 Å². The van der Waals surface area contributed by atoms with Crippen LogP contribution >= 0.6 is 8.02 Å². The molecular formula is C18H33N4O2P. The van der Waals surface area contributed by atoms with E-state index in [1.165, 1.54) is 4.89 Å². The first-order valence-electron chi connectivity index (χ1n) is 8.09. The number of hydrogen-bond acceptors (Lipinski definition) is 6. The Balaban J connectivity index is 6.07. The maximum atomic E-state index is 11.2. The summed E-state index contributed by atoms with van der Waals surface area (Å²) in [4.78, 5) is 23.9. The van der Waals surface area contributed by atoms with Gasteiger partial charge in [0.05, 0.1) is 0 Å². The predicted molar refractivity (Wildman–Crippen MR) is 110 cm³/mol. The van der Waals surface area contributed by atoms with Crippen LogP contribution < -0.4 is 0 Å². The third-order valence-corrected chi connectivity index (χ3v) is 5.60. The van der Waals surface area contributed by atoms with Gasteiger partial charge in [0.1, 0.15) is 0 Å². The molecule has 0 amide bonds. The van der Waals surface area contributed by atoms with Gasteiger partial charge in [-0.05, 0) is 0 Å². The van der Waals surface area contributed by atoms with Crippen LogP contribution in [0.1, 0.15) is 0 Å². The van der Waals surface area contributed by atoms with Gasteiger partial charge in [-0.3, -0.25) is 0 Å². The molecule has 0 heterocycles. The van der Waals surface area contributed by atoms with Crippen LogP contribution in [0, 0.1) is 0 Å². The van der Waals surface area contributed by atoms with Gasteiger partial charge in [-0.15, -0.1) is 0 Å². The molecule has 0 spiro atoms. The van der Waals surface area contributed by atoms with E-state index in [0.717, 1.165) is 0 Å². The SMILES string of the molecule is C=CCN(CC=C)N(N(CC=C)CC=C)[PH](O)(O)N(CC=C)CC=C. The van der Waals surface area contributed by atoms with E-state index in [1.807, 2.05) is 0 Å². The Hall–Kier alpha value is -1.37. The number of hydrazine groups is 2. The molecule has 7 heteroatoms. The summed E-state index contributed by atoms with van der Waals surface area (Å²) in [6.07, 6.45) is 10.1. The summed E-state index contributed by atoms with van der Waals surface area (Å²) in [5, 5.41) is 3.55. The minimum absolute atomic E-state index is 0.313. The Bertz CT molecular complexity index is 414. The molecule has 0 aromatic rings. The van der Waals surface area contributed by atoms with Crippen LogP contribution in [0.2, 0.25) is 0 Å². The second kappa shape index (κ2) is 12.9. The van der Waals surface area contributed by atoms with Crippen molar-refractivity contribution >= 4 is 8.02 Å². The first-order valence-corrected chi connectivity index (χ1v) is 9.88. The molecule has 0 aromatic carbocycles. The van der Waals surface area contributed by atoms with Crippen LogP contribution in [-0.4, -0.2) is 68.6 Å². The summed E-state index contributed by atoms with van der Waals surface area (Å²) in [5.74, 6) is 0. The molecule has 25 heavy (non-hydrogen) atoms. The molecule has 0 aliphatic carbocycles. The Labute approximate surface area is 153 Å². The van der Waals surface area contributed by atoms with Crippen LogP contribution in [0.25, 0.3) is 0 Å². The third-order valence-electron chi connectivity index (χ3n) is 3.29. The molecule has 0 aliphatic heterocycles. The summed E-state index contributed by atoms with van der Waals surface area (Å²) >= 11 is 0. The second-order valence-electron chi connectivity index (χ2n) is 5.27. The molecule has 0 fully saturated rings. The van der Waals surface area contributed by atoms with Gasteiger partial charge in [-0.25, -0.2) is 0 Å². The predicted octanol–water partition coefficient (Wildman–Crippen LogP) is 2.53. The van der Waals surface area contributed by atoms with Crippen molar-refractivity contribution in [3.05, 3.63) is 75.9 Å². The van der Waals surface area contributed by atoms with Gasteiger partial charge in [-0.1, -0.05) is 0 Å². The molecule has 0 saturated carbocycles. The van der Waals surface area contributed by atoms with Crippen LogP contribution in [0.3, 0.4) is 0 Å². The molecule has 0 rings (SSSR count). The van der Waals surface area contributed by atoms with E-state index in [2.05, 4.69) is 39.5 Å². The van der Waals surface area contributed by atoms with E-state index in [4.69, 9.17) is 0 Å². The van der Waals surface area contributed by atoms with Gasteiger partial charge in [0.2, 0.25) is 0 Å². The van der Waals surface area contributed by atoms with Gasteiger partial charge in [0, 0.05) is 0 Å². The Morgan fingerprint density at radius 3 is 1.08 bits per heavy atom. The first kappa shape index (κ1) is 23.6. The fourth-order valence-electron chi connectivity index (χ4n) is 2.37. The fourth-order valence-corrected chi connectivity index (χ4v) is 4.46. The van der Waals surface area contributed by atoms with E-state index in [1.54, 1.807) is 51.1 Å². The van der Waals surface area contributed by atoms with Crippen LogP contribution in [0.4, 0.5) is 0 Å². The van der Waals surface area contributed by atoms with E-state index in [9.17, 15) is 9.79 Å². The van der Waals surface area contributed by atoms with Crippen molar-refractivity contribution in [2.45, 2.75) is 0 Å². The average Bonchev–Trinajstić information content (AvgIpc) is 2.55. The van der Waals surface area contributed by atoms with Crippen molar-refractivity contribution in [3.63, 3.8) is 0 Å². The summed E-state index contributed by atoms with van der Waals surface area (Å²) in [7, 11) is -4.09. The van der Waals surface area contributed by atoms with E-state index in [-0.39, 0.29) is 0 Å².